The van der Waals surface area contributed by atoms with Crippen LogP contribution in [-0.2, 0) is 15.9 Å². The number of imidazole rings is 1. The molecule has 0 amide bonds. The first kappa shape index (κ1) is 19.4. The molecule has 8 nitrogen and oxygen atoms in total. The van der Waals surface area contributed by atoms with Gasteiger partial charge in [-0.3, -0.25) is 4.98 Å². The molecule has 2 fully saturated rings. The van der Waals surface area contributed by atoms with Gasteiger partial charge in [0.2, 0.25) is 5.95 Å². The predicted molar refractivity (Wildman–Crippen MR) is 114 cm³/mol. The van der Waals surface area contributed by atoms with E-state index < -0.39 is 0 Å². The van der Waals surface area contributed by atoms with Crippen molar-refractivity contribution in [2.45, 2.75) is 51.9 Å². The summed E-state index contributed by atoms with van der Waals surface area (Å²) in [5.41, 5.74) is 4.01. The Morgan fingerprint density at radius 3 is 2.57 bits per heavy atom. The second-order valence-electron chi connectivity index (χ2n) is 8.41. The molecule has 2 aliphatic heterocycles. The molecule has 3 aromatic heterocycles. The van der Waals surface area contributed by atoms with Crippen LogP contribution in [0.3, 0.4) is 0 Å². The standard InChI is InChI=1S/C22H28N6O2/c1-15(2)28-16(3)25-19-14-24-18(13-20(19)28)12-17-4-7-23-21(26-17)27-8-5-22(6-9-27)29-10-11-30-22/h4,7,13-15H,5-6,8-12H2,1-3H3. The van der Waals surface area contributed by atoms with Crippen LogP contribution in [0.4, 0.5) is 5.95 Å². The zero-order chi connectivity index (χ0) is 20.7. The third kappa shape index (κ3) is 3.54. The summed E-state index contributed by atoms with van der Waals surface area (Å²) in [6, 6.07) is 4.46. The normalized spacial score (nSPS) is 18.7. The molecule has 5 heterocycles. The fraction of sp³-hybridized carbons (Fsp3) is 0.545. The predicted octanol–water partition coefficient (Wildman–Crippen LogP) is 3.04. The van der Waals surface area contributed by atoms with Crippen LogP contribution in [0.15, 0.2) is 24.5 Å². The summed E-state index contributed by atoms with van der Waals surface area (Å²) in [5, 5.41) is 0. The number of hydrogen-bond acceptors (Lipinski definition) is 7. The molecule has 158 valence electrons. The molecule has 8 heteroatoms. The van der Waals surface area contributed by atoms with E-state index in [4.69, 9.17) is 14.5 Å². The Morgan fingerprint density at radius 2 is 1.83 bits per heavy atom. The van der Waals surface area contributed by atoms with Gasteiger partial charge < -0.3 is 18.9 Å². The van der Waals surface area contributed by atoms with Crippen LogP contribution in [0.1, 0.15) is 49.9 Å². The van der Waals surface area contributed by atoms with Crippen LogP contribution in [-0.4, -0.2) is 56.6 Å². The van der Waals surface area contributed by atoms with Gasteiger partial charge in [0.05, 0.1) is 30.6 Å². The maximum Gasteiger partial charge on any atom is 0.225 e. The quantitative estimate of drug-likeness (QED) is 0.656. The first-order valence-corrected chi connectivity index (χ1v) is 10.7. The van der Waals surface area contributed by atoms with Gasteiger partial charge in [-0.2, -0.15) is 0 Å². The zero-order valence-electron chi connectivity index (χ0n) is 17.8. The summed E-state index contributed by atoms with van der Waals surface area (Å²) in [4.78, 5) is 20.8. The Morgan fingerprint density at radius 1 is 1.07 bits per heavy atom. The van der Waals surface area contributed by atoms with Crippen LogP contribution >= 0.6 is 0 Å². The lowest BCUT2D eigenvalue weighted by molar-refractivity contribution is -0.169. The molecule has 0 unspecified atom stereocenters. The zero-order valence-corrected chi connectivity index (χ0v) is 17.8. The smallest absolute Gasteiger partial charge is 0.225 e. The summed E-state index contributed by atoms with van der Waals surface area (Å²) in [6.45, 7) is 9.45. The molecular weight excluding hydrogens is 380 g/mol. The average Bonchev–Trinajstić information content (AvgIpc) is 3.32. The number of hydrogen-bond donors (Lipinski definition) is 0. The molecule has 0 aliphatic carbocycles. The fourth-order valence-electron chi connectivity index (χ4n) is 4.56. The summed E-state index contributed by atoms with van der Waals surface area (Å²) in [5.74, 6) is 1.40. The van der Waals surface area contributed by atoms with Gasteiger partial charge in [0.1, 0.15) is 11.3 Å². The maximum atomic E-state index is 5.83. The van der Waals surface area contributed by atoms with Gasteiger partial charge in [0.25, 0.3) is 0 Å². The minimum absolute atomic E-state index is 0.353. The lowest BCUT2D eigenvalue weighted by Crippen LogP contribution is -2.45. The van der Waals surface area contributed by atoms with Crippen molar-refractivity contribution in [2.75, 3.05) is 31.2 Å². The van der Waals surface area contributed by atoms with Gasteiger partial charge in [-0.1, -0.05) is 0 Å². The van der Waals surface area contributed by atoms with E-state index in [1.54, 1.807) is 0 Å². The summed E-state index contributed by atoms with van der Waals surface area (Å²) < 4.78 is 13.9. The Balaban J connectivity index is 1.34. The van der Waals surface area contributed by atoms with Gasteiger partial charge in [0, 0.05) is 50.3 Å². The van der Waals surface area contributed by atoms with E-state index in [2.05, 4.69) is 44.3 Å². The Kier molecular flexibility index (Phi) is 4.91. The lowest BCUT2D eigenvalue weighted by Gasteiger charge is -2.37. The number of rotatable bonds is 4. The van der Waals surface area contributed by atoms with E-state index in [0.29, 0.717) is 25.7 Å². The van der Waals surface area contributed by atoms with E-state index in [1.807, 2.05) is 25.4 Å². The molecule has 0 radical (unpaired) electrons. The number of piperidine rings is 1. The maximum absolute atomic E-state index is 5.83. The highest BCUT2D eigenvalue weighted by Crippen LogP contribution is 2.32. The van der Waals surface area contributed by atoms with Crippen molar-refractivity contribution in [1.29, 1.82) is 0 Å². The molecule has 0 atom stereocenters. The van der Waals surface area contributed by atoms with E-state index in [0.717, 1.165) is 60.1 Å². The van der Waals surface area contributed by atoms with E-state index >= 15 is 0 Å². The number of nitrogens with zero attached hydrogens (tertiary/aromatic N) is 6. The number of fused-ring (bicyclic) bond motifs is 1. The molecule has 30 heavy (non-hydrogen) atoms. The highest BCUT2D eigenvalue weighted by molar-refractivity contribution is 5.75. The molecule has 2 aliphatic rings. The van der Waals surface area contributed by atoms with E-state index in [-0.39, 0.29) is 5.79 Å². The third-order valence-electron chi connectivity index (χ3n) is 6.01. The second-order valence-corrected chi connectivity index (χ2v) is 8.41. The minimum atomic E-state index is -0.384. The number of aromatic nitrogens is 5. The Hall–Kier alpha value is -2.58. The van der Waals surface area contributed by atoms with Gasteiger partial charge in [-0.05, 0) is 32.9 Å². The van der Waals surface area contributed by atoms with Crippen LogP contribution in [0.5, 0.6) is 0 Å². The molecule has 2 saturated heterocycles. The molecule has 0 N–H and O–H groups in total. The van der Waals surface area contributed by atoms with E-state index in [9.17, 15) is 0 Å². The SMILES string of the molecule is Cc1nc2cnc(Cc3ccnc(N4CCC5(CC4)OCCO5)n3)cc2n1C(C)C. The van der Waals surface area contributed by atoms with Crippen LogP contribution in [0, 0.1) is 6.92 Å². The number of ether oxygens (including phenoxy) is 2. The van der Waals surface area contributed by atoms with Gasteiger partial charge >= 0.3 is 0 Å². The average molecular weight is 409 g/mol. The molecular formula is C22H28N6O2. The molecule has 3 aromatic rings. The van der Waals surface area contributed by atoms with Crippen LogP contribution < -0.4 is 4.90 Å². The van der Waals surface area contributed by atoms with Gasteiger partial charge in [-0.25, -0.2) is 15.0 Å². The van der Waals surface area contributed by atoms with Gasteiger partial charge in [0.15, 0.2) is 5.79 Å². The topological polar surface area (TPSA) is 78.2 Å². The molecule has 5 rings (SSSR count). The molecule has 0 aromatic carbocycles. The fourth-order valence-corrected chi connectivity index (χ4v) is 4.56. The first-order chi connectivity index (χ1) is 14.5. The highest BCUT2D eigenvalue weighted by Gasteiger charge is 2.40. The van der Waals surface area contributed by atoms with Crippen molar-refractivity contribution in [3.8, 4) is 0 Å². The minimum Gasteiger partial charge on any atom is -0.347 e. The van der Waals surface area contributed by atoms with Crippen molar-refractivity contribution in [3.63, 3.8) is 0 Å². The van der Waals surface area contributed by atoms with Gasteiger partial charge in [-0.15, -0.1) is 0 Å². The monoisotopic (exact) mass is 408 g/mol. The van der Waals surface area contributed by atoms with Crippen molar-refractivity contribution in [1.82, 2.24) is 24.5 Å². The largest absolute Gasteiger partial charge is 0.347 e. The summed E-state index contributed by atoms with van der Waals surface area (Å²) >= 11 is 0. The number of pyridine rings is 1. The van der Waals surface area contributed by atoms with Crippen molar-refractivity contribution < 1.29 is 9.47 Å². The second kappa shape index (κ2) is 7.59. The summed E-state index contributed by atoms with van der Waals surface area (Å²) in [6.07, 6.45) is 6.06. The Bertz CT molecular complexity index is 1050. The number of aryl methyl sites for hydroxylation is 1. The van der Waals surface area contributed by atoms with Crippen molar-refractivity contribution in [3.05, 3.63) is 41.7 Å². The molecule has 0 saturated carbocycles. The molecule has 1 spiro atoms. The third-order valence-corrected chi connectivity index (χ3v) is 6.01. The van der Waals surface area contributed by atoms with Crippen LogP contribution in [0.25, 0.3) is 11.0 Å². The van der Waals surface area contributed by atoms with Crippen LogP contribution in [0.2, 0.25) is 0 Å². The Labute approximate surface area is 176 Å². The highest BCUT2D eigenvalue weighted by atomic mass is 16.7. The van der Waals surface area contributed by atoms with E-state index in [1.165, 1.54) is 0 Å². The first-order valence-electron chi connectivity index (χ1n) is 10.7. The van der Waals surface area contributed by atoms with Crippen molar-refractivity contribution >= 4 is 17.0 Å². The molecule has 0 bridgehead atoms. The lowest BCUT2D eigenvalue weighted by atomic mass is 10.0. The summed E-state index contributed by atoms with van der Waals surface area (Å²) in [7, 11) is 0. The number of anilines is 1. The van der Waals surface area contributed by atoms with Crippen molar-refractivity contribution in [2.24, 2.45) is 0 Å².